The summed E-state index contributed by atoms with van der Waals surface area (Å²) in [4.78, 5) is 4.65. The van der Waals surface area contributed by atoms with Gasteiger partial charge in [-0.05, 0) is 107 Å². The van der Waals surface area contributed by atoms with Crippen molar-refractivity contribution in [3.8, 4) is 11.5 Å². The molecule has 6 aromatic carbocycles. The third kappa shape index (κ3) is 11.0. The van der Waals surface area contributed by atoms with Gasteiger partial charge in [-0.15, -0.1) is 0 Å². The van der Waals surface area contributed by atoms with E-state index in [-0.39, 0.29) is 0 Å². The van der Waals surface area contributed by atoms with Gasteiger partial charge in [0.1, 0.15) is 24.7 Å². The van der Waals surface area contributed by atoms with E-state index in [4.69, 9.17) is 9.47 Å². The van der Waals surface area contributed by atoms with E-state index in [0.29, 0.717) is 13.2 Å². The lowest BCUT2D eigenvalue weighted by Gasteiger charge is -2.22. The highest BCUT2D eigenvalue weighted by Gasteiger charge is 2.15. The second-order valence-corrected chi connectivity index (χ2v) is 14.2. The molecule has 0 heterocycles. The molecule has 0 spiro atoms. The van der Waals surface area contributed by atoms with Gasteiger partial charge in [0.05, 0.1) is 0 Å². The van der Waals surface area contributed by atoms with Crippen molar-refractivity contribution in [2.45, 2.75) is 26.7 Å². The number of hydrogen-bond donors (Lipinski definition) is 0. The fraction of sp³-hybridized carbons (Fsp3) is 0.231. The number of rotatable bonds is 19. The molecular formula is C52H56N2O2. The highest BCUT2D eigenvalue weighted by atomic mass is 16.5. The topological polar surface area (TPSA) is 24.9 Å². The number of hydrogen-bond acceptors (Lipinski definition) is 4. The van der Waals surface area contributed by atoms with E-state index in [2.05, 4.69) is 208 Å². The Hall–Kier alpha value is -5.68. The van der Waals surface area contributed by atoms with Crippen molar-refractivity contribution in [2.75, 3.05) is 53.5 Å². The highest BCUT2D eigenvalue weighted by Crippen LogP contribution is 2.36. The number of allylic oxidation sites excluding steroid dienone is 2. The molecule has 0 aromatic heterocycles. The molecule has 0 aliphatic rings. The molecule has 0 amide bonds. The van der Waals surface area contributed by atoms with Crippen molar-refractivity contribution < 1.29 is 9.47 Å². The molecule has 0 bridgehead atoms. The fourth-order valence-electron chi connectivity index (χ4n) is 7.21. The molecule has 0 saturated heterocycles. The first-order valence-corrected chi connectivity index (χ1v) is 20.1. The molecule has 4 nitrogen and oxygen atoms in total. The van der Waals surface area contributed by atoms with Crippen LogP contribution in [0.25, 0.3) is 22.3 Å². The fourth-order valence-corrected chi connectivity index (χ4v) is 7.21. The maximum atomic E-state index is 6.21. The Kier molecular flexibility index (Phi) is 14.9. The quantitative estimate of drug-likeness (QED) is 0.0772. The molecule has 0 saturated carbocycles. The Balaban J connectivity index is 0.965. The van der Waals surface area contributed by atoms with Crippen LogP contribution in [0, 0.1) is 0 Å². The first-order valence-electron chi connectivity index (χ1n) is 20.1. The van der Waals surface area contributed by atoms with Crippen molar-refractivity contribution in [3.05, 3.63) is 203 Å². The van der Waals surface area contributed by atoms with E-state index in [0.717, 1.165) is 50.5 Å². The molecule has 286 valence electrons. The maximum absolute atomic E-state index is 6.21. The van der Waals surface area contributed by atoms with Crippen LogP contribution in [-0.2, 0) is 0 Å². The van der Waals surface area contributed by atoms with E-state index < -0.39 is 0 Å². The van der Waals surface area contributed by atoms with Crippen molar-refractivity contribution in [1.29, 1.82) is 0 Å². The molecule has 56 heavy (non-hydrogen) atoms. The number of nitrogens with zero attached hydrogens (tertiary/aromatic N) is 2. The minimum atomic E-state index is 0.635. The Bertz CT molecular complexity index is 1950. The van der Waals surface area contributed by atoms with Gasteiger partial charge in [0.2, 0.25) is 0 Å². The lowest BCUT2D eigenvalue weighted by molar-refractivity contribution is 0.195. The van der Waals surface area contributed by atoms with Crippen LogP contribution in [0.15, 0.2) is 170 Å². The summed E-state index contributed by atoms with van der Waals surface area (Å²) in [5.74, 6) is 1.79. The molecule has 0 unspecified atom stereocenters. The van der Waals surface area contributed by atoms with Gasteiger partial charge in [-0.1, -0.05) is 159 Å². The highest BCUT2D eigenvalue weighted by molar-refractivity contribution is 5.99. The monoisotopic (exact) mass is 740 g/mol. The van der Waals surface area contributed by atoms with Gasteiger partial charge in [-0.3, -0.25) is 0 Å². The van der Waals surface area contributed by atoms with Gasteiger partial charge in [0, 0.05) is 26.2 Å². The summed E-state index contributed by atoms with van der Waals surface area (Å²) in [5.41, 5.74) is 12.6. The van der Waals surface area contributed by atoms with E-state index in [1.807, 2.05) is 0 Å². The zero-order valence-electron chi connectivity index (χ0n) is 33.5. The second-order valence-electron chi connectivity index (χ2n) is 14.2. The zero-order valence-corrected chi connectivity index (χ0v) is 33.5. The number of ether oxygens (including phenoxy) is 2. The molecule has 4 heteroatoms. The maximum Gasteiger partial charge on any atom is 0.119 e. The minimum absolute atomic E-state index is 0.635. The van der Waals surface area contributed by atoms with Crippen LogP contribution < -0.4 is 9.47 Å². The first kappa shape index (κ1) is 40.0. The van der Waals surface area contributed by atoms with E-state index in [9.17, 15) is 0 Å². The Morgan fingerprint density at radius 2 is 0.643 bits per heavy atom. The zero-order chi connectivity index (χ0) is 39.0. The van der Waals surface area contributed by atoms with Gasteiger partial charge >= 0.3 is 0 Å². The van der Waals surface area contributed by atoms with Crippen molar-refractivity contribution in [1.82, 2.24) is 9.80 Å². The van der Waals surface area contributed by atoms with E-state index in [1.165, 1.54) is 55.7 Å². The van der Waals surface area contributed by atoms with Crippen LogP contribution >= 0.6 is 0 Å². The molecule has 0 atom stereocenters. The van der Waals surface area contributed by atoms with Crippen molar-refractivity contribution in [2.24, 2.45) is 0 Å². The Labute approximate surface area is 335 Å². The summed E-state index contributed by atoms with van der Waals surface area (Å²) in [7, 11) is 4.32. The summed E-state index contributed by atoms with van der Waals surface area (Å²) in [6, 6.07) is 60.0. The lowest BCUT2D eigenvalue weighted by atomic mass is 9.88. The summed E-state index contributed by atoms with van der Waals surface area (Å²) in [6.07, 6.45) is 1.89. The summed E-state index contributed by atoms with van der Waals surface area (Å²) in [5, 5.41) is 0. The Morgan fingerprint density at radius 3 is 0.946 bits per heavy atom. The Morgan fingerprint density at radius 1 is 0.357 bits per heavy atom. The van der Waals surface area contributed by atoms with Gasteiger partial charge in [-0.2, -0.15) is 0 Å². The van der Waals surface area contributed by atoms with Crippen LogP contribution in [0.2, 0.25) is 0 Å². The average Bonchev–Trinajstić information content (AvgIpc) is 3.26. The molecule has 0 aliphatic heterocycles. The van der Waals surface area contributed by atoms with E-state index >= 15 is 0 Å². The third-order valence-electron chi connectivity index (χ3n) is 10.3. The molecule has 0 radical (unpaired) electrons. The van der Waals surface area contributed by atoms with Crippen molar-refractivity contribution >= 4 is 22.3 Å². The predicted octanol–water partition coefficient (Wildman–Crippen LogP) is 11.7. The van der Waals surface area contributed by atoms with Crippen LogP contribution in [0.5, 0.6) is 11.5 Å². The van der Waals surface area contributed by atoms with Crippen LogP contribution in [0.4, 0.5) is 0 Å². The molecule has 6 aromatic rings. The second kappa shape index (κ2) is 20.8. The minimum Gasteiger partial charge on any atom is -0.492 e. The number of likely N-dealkylation sites (N-methyl/N-ethyl adjacent to an activating group) is 2. The lowest BCUT2D eigenvalue weighted by Crippen LogP contribution is -2.34. The summed E-state index contributed by atoms with van der Waals surface area (Å²) >= 11 is 0. The van der Waals surface area contributed by atoms with Crippen LogP contribution in [0.1, 0.15) is 60.1 Å². The summed E-state index contributed by atoms with van der Waals surface area (Å²) in [6.45, 7) is 9.35. The molecule has 0 aliphatic carbocycles. The summed E-state index contributed by atoms with van der Waals surface area (Å²) < 4.78 is 12.4. The van der Waals surface area contributed by atoms with Gasteiger partial charge in [0.25, 0.3) is 0 Å². The van der Waals surface area contributed by atoms with Crippen LogP contribution in [0.3, 0.4) is 0 Å². The van der Waals surface area contributed by atoms with Crippen molar-refractivity contribution in [3.63, 3.8) is 0 Å². The van der Waals surface area contributed by atoms with Gasteiger partial charge in [-0.25, -0.2) is 0 Å². The smallest absolute Gasteiger partial charge is 0.119 e. The molecule has 0 fully saturated rings. The first-order chi connectivity index (χ1) is 27.5. The van der Waals surface area contributed by atoms with E-state index in [1.54, 1.807) is 0 Å². The van der Waals surface area contributed by atoms with Gasteiger partial charge < -0.3 is 19.3 Å². The molecular weight excluding hydrogens is 685 g/mol. The predicted molar refractivity (Wildman–Crippen MR) is 237 cm³/mol. The average molecular weight is 741 g/mol. The molecule has 0 N–H and O–H groups in total. The third-order valence-corrected chi connectivity index (χ3v) is 10.3. The largest absolute Gasteiger partial charge is 0.492 e. The van der Waals surface area contributed by atoms with Gasteiger partial charge in [0.15, 0.2) is 0 Å². The standard InChI is InChI=1S/C52H56N2O2/c1-5-49(41-19-11-7-12-20-41)51(43-23-15-9-16-24-43)45-27-31-47(32-28-45)55-39-37-53(3)35-36-54(4)38-40-56-48-33-29-46(30-34-48)52(44-25-17-10-18-26-44)50(6-2)42-21-13-8-14-22-42/h7-34H,5-6,35-40H2,1-4H3/b51-49-,52-50-. The SMILES string of the molecule is CC/C(=C(\c1ccccc1)c1ccc(OCCN(C)CCN(C)CCOc2ccc(/C(=C(/CC)c3ccccc3)c3ccccc3)cc2)cc1)c1ccccc1. The number of benzene rings is 6. The van der Waals surface area contributed by atoms with Crippen LogP contribution in [-0.4, -0.2) is 63.3 Å². The normalized spacial score (nSPS) is 12.3. The molecule has 6 rings (SSSR count).